The molecule has 2 rings (SSSR count). The van der Waals surface area contributed by atoms with E-state index in [2.05, 4.69) is 5.10 Å². The second-order valence-corrected chi connectivity index (χ2v) is 4.34. The van der Waals surface area contributed by atoms with Crippen molar-refractivity contribution in [1.29, 1.82) is 0 Å². The fourth-order valence-electron chi connectivity index (χ4n) is 2.13. The Morgan fingerprint density at radius 1 is 1.20 bits per heavy atom. The number of nitrogens with two attached hydrogens (primary N) is 1. The summed E-state index contributed by atoms with van der Waals surface area (Å²) in [4.78, 5) is 0. The molecule has 0 unspecified atom stereocenters. The van der Waals surface area contributed by atoms with Crippen molar-refractivity contribution >= 4 is 5.82 Å². The van der Waals surface area contributed by atoms with Crippen molar-refractivity contribution in [3.8, 4) is 22.8 Å². The van der Waals surface area contributed by atoms with Crippen molar-refractivity contribution in [2.24, 2.45) is 7.05 Å². The van der Waals surface area contributed by atoms with Gasteiger partial charge in [0, 0.05) is 25.8 Å². The molecular formula is C14H19N3O3. The molecule has 2 N–H and O–H groups in total. The third-order valence-corrected chi connectivity index (χ3v) is 3.12. The standard InChI is InChI=1S/C14H19N3O3/c1-17-13(15)7-11(16-17)9-5-6-12(19-3)10(8-18-2)14(9)20-4/h5-7H,8,15H2,1-4H3. The van der Waals surface area contributed by atoms with E-state index in [1.54, 1.807) is 39.1 Å². The lowest BCUT2D eigenvalue weighted by Crippen LogP contribution is -2.01. The zero-order valence-corrected chi connectivity index (χ0v) is 12.1. The van der Waals surface area contributed by atoms with Crippen LogP contribution in [0.2, 0.25) is 0 Å². The molecule has 0 saturated heterocycles. The lowest BCUT2D eigenvalue weighted by atomic mass is 10.1. The third kappa shape index (κ3) is 2.42. The van der Waals surface area contributed by atoms with Gasteiger partial charge in [-0.15, -0.1) is 0 Å². The van der Waals surface area contributed by atoms with Gasteiger partial charge >= 0.3 is 0 Å². The van der Waals surface area contributed by atoms with Crippen molar-refractivity contribution in [3.63, 3.8) is 0 Å². The molecule has 0 bridgehead atoms. The molecule has 1 aromatic heterocycles. The zero-order valence-electron chi connectivity index (χ0n) is 12.1. The molecule has 0 amide bonds. The summed E-state index contributed by atoms with van der Waals surface area (Å²) < 4.78 is 17.7. The number of anilines is 1. The Labute approximate surface area is 118 Å². The fourth-order valence-corrected chi connectivity index (χ4v) is 2.13. The van der Waals surface area contributed by atoms with Crippen molar-refractivity contribution in [1.82, 2.24) is 9.78 Å². The van der Waals surface area contributed by atoms with Crippen LogP contribution in [0.1, 0.15) is 5.56 Å². The zero-order chi connectivity index (χ0) is 14.7. The highest BCUT2D eigenvalue weighted by Crippen LogP contribution is 2.38. The fraction of sp³-hybridized carbons (Fsp3) is 0.357. The molecule has 0 saturated carbocycles. The first-order valence-corrected chi connectivity index (χ1v) is 6.15. The van der Waals surface area contributed by atoms with E-state index in [0.29, 0.717) is 18.2 Å². The Morgan fingerprint density at radius 3 is 2.45 bits per heavy atom. The van der Waals surface area contributed by atoms with Gasteiger partial charge in [-0.1, -0.05) is 0 Å². The summed E-state index contributed by atoms with van der Waals surface area (Å²) in [6, 6.07) is 5.58. The SMILES string of the molecule is COCc1c(OC)ccc(-c2cc(N)n(C)n2)c1OC. The van der Waals surface area contributed by atoms with E-state index < -0.39 is 0 Å². The molecule has 0 aliphatic heterocycles. The van der Waals surface area contributed by atoms with Gasteiger partial charge in [-0.3, -0.25) is 4.68 Å². The van der Waals surface area contributed by atoms with Crippen LogP contribution in [0.3, 0.4) is 0 Å². The van der Waals surface area contributed by atoms with E-state index in [9.17, 15) is 0 Å². The van der Waals surface area contributed by atoms with Crippen molar-refractivity contribution in [2.45, 2.75) is 6.61 Å². The molecular weight excluding hydrogens is 258 g/mol. The predicted molar refractivity (Wildman–Crippen MR) is 76.9 cm³/mol. The van der Waals surface area contributed by atoms with Gasteiger partial charge in [0.05, 0.1) is 32.1 Å². The molecule has 20 heavy (non-hydrogen) atoms. The van der Waals surface area contributed by atoms with E-state index in [0.717, 1.165) is 22.6 Å². The number of methoxy groups -OCH3 is 3. The number of rotatable bonds is 5. The first-order chi connectivity index (χ1) is 9.62. The summed E-state index contributed by atoms with van der Waals surface area (Å²) in [6.45, 7) is 0.391. The van der Waals surface area contributed by atoms with Gasteiger partial charge in [0.2, 0.25) is 0 Å². The molecule has 1 heterocycles. The van der Waals surface area contributed by atoms with Crippen LogP contribution in [0.5, 0.6) is 11.5 Å². The first kappa shape index (κ1) is 14.2. The average Bonchev–Trinajstić information content (AvgIpc) is 2.78. The quantitative estimate of drug-likeness (QED) is 0.902. The highest BCUT2D eigenvalue weighted by atomic mass is 16.5. The van der Waals surface area contributed by atoms with Gasteiger partial charge in [0.15, 0.2) is 0 Å². The van der Waals surface area contributed by atoms with E-state index >= 15 is 0 Å². The van der Waals surface area contributed by atoms with Crippen LogP contribution in [0.15, 0.2) is 18.2 Å². The largest absolute Gasteiger partial charge is 0.496 e. The van der Waals surface area contributed by atoms with Gasteiger partial charge in [0.1, 0.15) is 17.3 Å². The molecule has 0 aliphatic rings. The maximum atomic E-state index is 5.83. The lowest BCUT2D eigenvalue weighted by Gasteiger charge is -2.15. The van der Waals surface area contributed by atoms with Crippen molar-refractivity contribution < 1.29 is 14.2 Å². The normalized spacial score (nSPS) is 10.6. The summed E-state index contributed by atoms with van der Waals surface area (Å²) in [5.74, 6) is 1.99. The van der Waals surface area contributed by atoms with Gasteiger partial charge < -0.3 is 19.9 Å². The summed E-state index contributed by atoms with van der Waals surface area (Å²) >= 11 is 0. The van der Waals surface area contributed by atoms with Crippen LogP contribution in [0, 0.1) is 0 Å². The number of hydrogen-bond donors (Lipinski definition) is 1. The Bertz CT molecular complexity index is 588. The highest BCUT2D eigenvalue weighted by Gasteiger charge is 2.18. The Kier molecular flexibility index (Phi) is 4.14. The summed E-state index contributed by atoms with van der Waals surface area (Å²) in [5, 5.41) is 4.38. The van der Waals surface area contributed by atoms with Gasteiger partial charge in [-0.05, 0) is 12.1 Å². The number of hydrogen-bond acceptors (Lipinski definition) is 5. The Hall–Kier alpha value is -2.21. The average molecular weight is 277 g/mol. The van der Waals surface area contributed by atoms with Crippen LogP contribution in [0.4, 0.5) is 5.82 Å². The van der Waals surface area contributed by atoms with Crippen LogP contribution in [-0.2, 0) is 18.4 Å². The van der Waals surface area contributed by atoms with E-state index in [-0.39, 0.29) is 0 Å². The molecule has 108 valence electrons. The number of aryl methyl sites for hydroxylation is 1. The molecule has 0 fully saturated rings. The first-order valence-electron chi connectivity index (χ1n) is 6.15. The van der Waals surface area contributed by atoms with Crippen molar-refractivity contribution in [2.75, 3.05) is 27.1 Å². The number of aromatic nitrogens is 2. The summed E-state index contributed by atoms with van der Waals surface area (Å²) in [5.41, 5.74) is 8.29. The Morgan fingerprint density at radius 2 is 1.95 bits per heavy atom. The minimum absolute atomic E-state index is 0.391. The molecule has 2 aromatic rings. The molecule has 0 atom stereocenters. The predicted octanol–water partition coefficient (Wildman–Crippen LogP) is 1.83. The van der Waals surface area contributed by atoms with Gasteiger partial charge in [-0.25, -0.2) is 0 Å². The molecule has 6 heteroatoms. The maximum absolute atomic E-state index is 5.83. The highest BCUT2D eigenvalue weighted by molar-refractivity contribution is 5.73. The lowest BCUT2D eigenvalue weighted by molar-refractivity contribution is 0.178. The third-order valence-electron chi connectivity index (χ3n) is 3.12. The summed E-state index contributed by atoms with van der Waals surface area (Å²) in [6.07, 6.45) is 0. The van der Waals surface area contributed by atoms with E-state index in [1.807, 2.05) is 12.1 Å². The monoisotopic (exact) mass is 277 g/mol. The van der Waals surface area contributed by atoms with E-state index in [1.165, 1.54) is 0 Å². The van der Waals surface area contributed by atoms with Crippen LogP contribution >= 0.6 is 0 Å². The van der Waals surface area contributed by atoms with Crippen LogP contribution < -0.4 is 15.2 Å². The molecule has 0 spiro atoms. The minimum atomic E-state index is 0.391. The number of nitrogen functional groups attached to an aromatic ring is 1. The van der Waals surface area contributed by atoms with E-state index in [4.69, 9.17) is 19.9 Å². The second-order valence-electron chi connectivity index (χ2n) is 4.34. The smallest absolute Gasteiger partial charge is 0.137 e. The van der Waals surface area contributed by atoms with Gasteiger partial charge in [-0.2, -0.15) is 5.10 Å². The molecule has 0 aliphatic carbocycles. The van der Waals surface area contributed by atoms with Crippen LogP contribution in [0.25, 0.3) is 11.3 Å². The summed E-state index contributed by atoms with van der Waals surface area (Å²) in [7, 11) is 6.66. The number of benzene rings is 1. The minimum Gasteiger partial charge on any atom is -0.496 e. The Balaban J connectivity index is 2.61. The van der Waals surface area contributed by atoms with Crippen LogP contribution in [-0.4, -0.2) is 31.1 Å². The maximum Gasteiger partial charge on any atom is 0.137 e. The molecule has 1 aromatic carbocycles. The van der Waals surface area contributed by atoms with Gasteiger partial charge in [0.25, 0.3) is 0 Å². The molecule has 0 radical (unpaired) electrons. The van der Waals surface area contributed by atoms with Crippen molar-refractivity contribution in [3.05, 3.63) is 23.8 Å². The molecule has 6 nitrogen and oxygen atoms in total. The topological polar surface area (TPSA) is 71.5 Å². The second kappa shape index (κ2) is 5.83. The number of ether oxygens (including phenoxy) is 3. The number of nitrogens with zero attached hydrogens (tertiary/aromatic N) is 2.